The van der Waals surface area contributed by atoms with Crippen molar-refractivity contribution in [2.75, 3.05) is 38.1 Å². The molecule has 138 valence electrons. The Morgan fingerprint density at radius 1 is 0.885 bits per heavy atom. The van der Waals surface area contributed by atoms with Crippen LogP contribution >= 0.6 is 0 Å². The highest BCUT2D eigenvalue weighted by atomic mass is 15.3. The Balaban J connectivity index is 1.62. The Morgan fingerprint density at radius 3 is 2.35 bits per heavy atom. The minimum absolute atomic E-state index is 0.822. The van der Waals surface area contributed by atoms with Gasteiger partial charge in [0.1, 0.15) is 5.82 Å². The van der Waals surface area contributed by atoms with Gasteiger partial charge in [0.2, 0.25) is 0 Å². The number of likely N-dealkylation sites (N-methyl/N-ethyl adjacent to an activating group) is 1. The fourth-order valence-corrected chi connectivity index (χ4v) is 4.36. The highest BCUT2D eigenvalue weighted by Crippen LogP contribution is 2.30. The molecular formula is C23H31N3. The molecule has 0 bridgehead atoms. The summed E-state index contributed by atoms with van der Waals surface area (Å²) < 4.78 is 0. The van der Waals surface area contributed by atoms with E-state index in [2.05, 4.69) is 59.3 Å². The van der Waals surface area contributed by atoms with Crippen molar-refractivity contribution >= 4 is 5.82 Å². The first-order chi connectivity index (χ1) is 12.8. The van der Waals surface area contributed by atoms with Crippen LogP contribution in [0, 0.1) is 5.92 Å². The maximum Gasteiger partial charge on any atom is 0.129 e. The Kier molecular flexibility index (Phi) is 5.54. The lowest BCUT2D eigenvalue weighted by molar-refractivity contribution is 0.312. The summed E-state index contributed by atoms with van der Waals surface area (Å²) in [6.07, 6.45) is 8.10. The number of nitrogens with zero attached hydrogens (tertiary/aromatic N) is 3. The van der Waals surface area contributed by atoms with E-state index in [0.717, 1.165) is 38.5 Å². The largest absolute Gasteiger partial charge is 0.354 e. The summed E-state index contributed by atoms with van der Waals surface area (Å²) >= 11 is 0. The van der Waals surface area contributed by atoms with E-state index in [9.17, 15) is 0 Å². The van der Waals surface area contributed by atoms with Crippen LogP contribution in [0.25, 0.3) is 11.1 Å². The number of piperazine rings is 1. The van der Waals surface area contributed by atoms with Crippen molar-refractivity contribution in [1.29, 1.82) is 0 Å². The van der Waals surface area contributed by atoms with Gasteiger partial charge in [0, 0.05) is 31.9 Å². The standard InChI is InChI=1S/C23H31N3/c1-25-12-14-26(15-13-25)23-18-21(20-10-6-3-7-11-20)17-22(24-23)16-19-8-4-2-5-9-19/h3,6-7,10-11,17-19H,2,4-5,8-9,12-16H2,1H3. The summed E-state index contributed by atoms with van der Waals surface area (Å²) in [6.45, 7) is 4.39. The summed E-state index contributed by atoms with van der Waals surface area (Å²) in [5.41, 5.74) is 3.91. The lowest BCUT2D eigenvalue weighted by Crippen LogP contribution is -2.44. The van der Waals surface area contributed by atoms with Crippen LogP contribution in [-0.4, -0.2) is 43.1 Å². The van der Waals surface area contributed by atoms with Crippen molar-refractivity contribution in [3.8, 4) is 11.1 Å². The number of pyridine rings is 1. The van der Waals surface area contributed by atoms with E-state index >= 15 is 0 Å². The van der Waals surface area contributed by atoms with Gasteiger partial charge in [0.25, 0.3) is 0 Å². The van der Waals surface area contributed by atoms with Gasteiger partial charge in [-0.3, -0.25) is 0 Å². The molecule has 0 atom stereocenters. The van der Waals surface area contributed by atoms with E-state index in [4.69, 9.17) is 4.98 Å². The number of benzene rings is 1. The molecule has 0 amide bonds. The molecule has 1 saturated carbocycles. The summed E-state index contributed by atoms with van der Waals surface area (Å²) in [5, 5.41) is 0. The van der Waals surface area contributed by atoms with Crippen LogP contribution in [0.3, 0.4) is 0 Å². The van der Waals surface area contributed by atoms with Gasteiger partial charge in [0.15, 0.2) is 0 Å². The Labute approximate surface area is 158 Å². The monoisotopic (exact) mass is 349 g/mol. The third kappa shape index (κ3) is 4.27. The normalized spacial score (nSPS) is 19.7. The SMILES string of the molecule is CN1CCN(c2cc(-c3ccccc3)cc(CC3CCCCC3)n2)CC1. The first-order valence-electron chi connectivity index (χ1n) is 10.3. The van der Waals surface area contributed by atoms with Gasteiger partial charge in [-0.2, -0.15) is 0 Å². The number of hydrogen-bond acceptors (Lipinski definition) is 3. The van der Waals surface area contributed by atoms with Crippen molar-refractivity contribution < 1.29 is 0 Å². The molecule has 2 heterocycles. The molecule has 0 spiro atoms. The fraction of sp³-hybridized carbons (Fsp3) is 0.522. The van der Waals surface area contributed by atoms with Crippen LogP contribution in [0.1, 0.15) is 37.8 Å². The van der Waals surface area contributed by atoms with Crippen LogP contribution in [0.4, 0.5) is 5.82 Å². The molecule has 2 fully saturated rings. The van der Waals surface area contributed by atoms with Gasteiger partial charge in [-0.1, -0.05) is 62.4 Å². The predicted molar refractivity (Wildman–Crippen MR) is 110 cm³/mol. The molecule has 4 rings (SSSR count). The molecule has 0 unspecified atom stereocenters. The van der Waals surface area contributed by atoms with Crippen molar-refractivity contribution in [2.24, 2.45) is 5.92 Å². The molecule has 26 heavy (non-hydrogen) atoms. The van der Waals surface area contributed by atoms with E-state index in [1.165, 1.54) is 54.7 Å². The van der Waals surface area contributed by atoms with Crippen molar-refractivity contribution in [3.63, 3.8) is 0 Å². The zero-order valence-electron chi connectivity index (χ0n) is 16.0. The maximum absolute atomic E-state index is 5.11. The maximum atomic E-state index is 5.11. The Hall–Kier alpha value is -1.87. The van der Waals surface area contributed by atoms with Crippen molar-refractivity contribution in [3.05, 3.63) is 48.2 Å². The van der Waals surface area contributed by atoms with E-state index in [-0.39, 0.29) is 0 Å². The Bertz CT molecular complexity index is 699. The van der Waals surface area contributed by atoms with Crippen molar-refractivity contribution in [2.45, 2.75) is 38.5 Å². The molecule has 2 aromatic rings. The second-order valence-electron chi connectivity index (χ2n) is 8.07. The first kappa shape index (κ1) is 17.5. The molecule has 2 aliphatic rings. The number of rotatable bonds is 4. The topological polar surface area (TPSA) is 19.4 Å². The van der Waals surface area contributed by atoms with E-state index in [1.807, 2.05) is 0 Å². The quantitative estimate of drug-likeness (QED) is 0.803. The van der Waals surface area contributed by atoms with Gasteiger partial charge < -0.3 is 9.80 Å². The third-order valence-electron chi connectivity index (χ3n) is 6.02. The Morgan fingerprint density at radius 2 is 1.62 bits per heavy atom. The smallest absolute Gasteiger partial charge is 0.129 e. The van der Waals surface area contributed by atoms with Crippen LogP contribution in [0.15, 0.2) is 42.5 Å². The summed E-state index contributed by atoms with van der Waals surface area (Å²) in [7, 11) is 2.21. The summed E-state index contributed by atoms with van der Waals surface area (Å²) in [6, 6.07) is 15.4. The van der Waals surface area contributed by atoms with Crippen LogP contribution in [0.5, 0.6) is 0 Å². The molecule has 3 nitrogen and oxygen atoms in total. The second-order valence-corrected chi connectivity index (χ2v) is 8.07. The molecule has 0 radical (unpaired) electrons. The average Bonchev–Trinajstić information content (AvgIpc) is 2.70. The predicted octanol–water partition coefficient (Wildman–Crippen LogP) is 4.62. The minimum Gasteiger partial charge on any atom is -0.354 e. The van der Waals surface area contributed by atoms with Crippen LogP contribution in [0.2, 0.25) is 0 Å². The zero-order valence-corrected chi connectivity index (χ0v) is 16.0. The molecule has 1 saturated heterocycles. The van der Waals surface area contributed by atoms with Crippen LogP contribution in [-0.2, 0) is 6.42 Å². The average molecular weight is 350 g/mol. The van der Waals surface area contributed by atoms with Gasteiger partial charge in [-0.05, 0) is 42.6 Å². The number of aromatic nitrogens is 1. The highest BCUT2D eigenvalue weighted by molar-refractivity contribution is 5.67. The first-order valence-corrected chi connectivity index (χ1v) is 10.3. The van der Waals surface area contributed by atoms with Crippen LogP contribution < -0.4 is 4.90 Å². The molecule has 1 aromatic carbocycles. The van der Waals surface area contributed by atoms with E-state index < -0.39 is 0 Å². The molecule has 1 aliphatic heterocycles. The zero-order chi connectivity index (χ0) is 17.8. The van der Waals surface area contributed by atoms with Gasteiger partial charge in [0.05, 0.1) is 0 Å². The molecular weight excluding hydrogens is 318 g/mol. The molecule has 3 heteroatoms. The lowest BCUT2D eigenvalue weighted by Gasteiger charge is -2.33. The molecule has 1 aromatic heterocycles. The van der Waals surface area contributed by atoms with Gasteiger partial charge >= 0.3 is 0 Å². The minimum atomic E-state index is 0.822. The summed E-state index contributed by atoms with van der Waals surface area (Å²) in [5.74, 6) is 1.99. The highest BCUT2D eigenvalue weighted by Gasteiger charge is 2.19. The fourth-order valence-electron chi connectivity index (χ4n) is 4.36. The lowest BCUT2D eigenvalue weighted by atomic mass is 9.86. The third-order valence-corrected chi connectivity index (χ3v) is 6.02. The molecule has 0 N–H and O–H groups in total. The number of anilines is 1. The van der Waals surface area contributed by atoms with Gasteiger partial charge in [-0.25, -0.2) is 4.98 Å². The number of hydrogen-bond donors (Lipinski definition) is 0. The van der Waals surface area contributed by atoms with Crippen molar-refractivity contribution in [1.82, 2.24) is 9.88 Å². The molecule has 1 aliphatic carbocycles. The second kappa shape index (κ2) is 8.22. The van der Waals surface area contributed by atoms with E-state index in [1.54, 1.807) is 0 Å². The van der Waals surface area contributed by atoms with E-state index in [0.29, 0.717) is 0 Å². The summed E-state index contributed by atoms with van der Waals surface area (Å²) in [4.78, 5) is 9.98. The van der Waals surface area contributed by atoms with Gasteiger partial charge in [-0.15, -0.1) is 0 Å².